The quantitative estimate of drug-likeness (QED) is 0.548. The van der Waals surface area contributed by atoms with Crippen LogP contribution in [0.5, 0.6) is 11.5 Å². The van der Waals surface area contributed by atoms with Crippen LogP contribution in [0.1, 0.15) is 6.92 Å². The molecule has 0 radical (unpaired) electrons. The maximum Gasteiger partial charge on any atom is 0.247 e. The lowest BCUT2D eigenvalue weighted by Crippen LogP contribution is -2.54. The summed E-state index contributed by atoms with van der Waals surface area (Å²) in [7, 11) is -0.998. The van der Waals surface area contributed by atoms with Crippen molar-refractivity contribution < 1.29 is 17.9 Å². The highest BCUT2D eigenvalue weighted by atomic mass is 35.5. The Hall–Kier alpha value is -1.09. The molecule has 0 aromatic heterocycles. The van der Waals surface area contributed by atoms with Gasteiger partial charge in [0.25, 0.3) is 0 Å². The standard InChI is InChI=1S/C19H20Cl4N2O4S/c1-11-10-24(14-6-4-12(20)16(22)18(14)28-2)8-9-25(11)30(26,27)15-7-5-13(21)17(23)19(15)29-3/h4-7,11H,8-10H2,1-3H3/t11-/m1/s1. The molecule has 1 fully saturated rings. The fraction of sp³-hybridized carbons (Fsp3) is 0.368. The largest absolute Gasteiger partial charge is 0.494 e. The fourth-order valence-corrected chi connectivity index (χ4v) is 6.12. The summed E-state index contributed by atoms with van der Waals surface area (Å²) in [6.45, 7) is 2.94. The number of anilines is 1. The van der Waals surface area contributed by atoms with E-state index in [1.54, 1.807) is 6.07 Å². The van der Waals surface area contributed by atoms with Crippen molar-refractivity contribution >= 4 is 62.1 Å². The molecular formula is C19H20Cl4N2O4S. The topological polar surface area (TPSA) is 59.1 Å². The van der Waals surface area contributed by atoms with Crippen LogP contribution in [0.4, 0.5) is 5.69 Å². The highest BCUT2D eigenvalue weighted by Crippen LogP contribution is 2.42. The predicted octanol–water partition coefficient (Wildman–Crippen LogP) is 5.22. The molecular weight excluding hydrogens is 494 g/mol. The molecule has 0 N–H and O–H groups in total. The summed E-state index contributed by atoms with van der Waals surface area (Å²) in [6, 6.07) is 6.01. The Morgan fingerprint density at radius 2 is 1.47 bits per heavy atom. The second kappa shape index (κ2) is 9.18. The van der Waals surface area contributed by atoms with Gasteiger partial charge in [0.2, 0.25) is 10.0 Å². The molecule has 1 saturated heterocycles. The molecule has 0 saturated carbocycles. The van der Waals surface area contributed by atoms with Crippen molar-refractivity contribution in [3.8, 4) is 11.5 Å². The molecule has 2 aromatic carbocycles. The minimum Gasteiger partial charge on any atom is -0.494 e. The first-order chi connectivity index (χ1) is 14.1. The van der Waals surface area contributed by atoms with Crippen molar-refractivity contribution in [2.75, 3.05) is 38.8 Å². The van der Waals surface area contributed by atoms with Crippen molar-refractivity contribution in [2.24, 2.45) is 0 Å². The molecule has 1 aliphatic heterocycles. The zero-order valence-corrected chi connectivity index (χ0v) is 20.3. The summed E-state index contributed by atoms with van der Waals surface area (Å²) >= 11 is 24.5. The van der Waals surface area contributed by atoms with Crippen LogP contribution in [0.3, 0.4) is 0 Å². The van der Waals surface area contributed by atoms with Gasteiger partial charge in [-0.15, -0.1) is 0 Å². The van der Waals surface area contributed by atoms with Gasteiger partial charge in [-0.25, -0.2) is 8.42 Å². The first-order valence-corrected chi connectivity index (χ1v) is 11.9. The van der Waals surface area contributed by atoms with Crippen LogP contribution in [-0.4, -0.2) is 52.6 Å². The number of nitrogens with zero attached hydrogens (tertiary/aromatic N) is 2. The summed E-state index contributed by atoms with van der Waals surface area (Å²) in [5, 5.41) is 0.988. The molecule has 6 nitrogen and oxygen atoms in total. The van der Waals surface area contributed by atoms with Crippen LogP contribution in [0.2, 0.25) is 20.1 Å². The van der Waals surface area contributed by atoms with Gasteiger partial charge in [-0.3, -0.25) is 0 Å². The molecule has 30 heavy (non-hydrogen) atoms. The van der Waals surface area contributed by atoms with Crippen LogP contribution < -0.4 is 14.4 Å². The maximum absolute atomic E-state index is 13.4. The third kappa shape index (κ3) is 4.16. The van der Waals surface area contributed by atoms with E-state index in [0.717, 1.165) is 5.69 Å². The Labute approximate surface area is 196 Å². The van der Waals surface area contributed by atoms with Crippen LogP contribution in [0.15, 0.2) is 29.2 Å². The fourth-order valence-electron chi connectivity index (χ4n) is 3.52. The SMILES string of the molecule is COc1c(N2CCN(S(=O)(=O)c3ccc(Cl)c(Cl)c3OC)[C@H](C)C2)ccc(Cl)c1Cl. The van der Waals surface area contributed by atoms with Gasteiger partial charge in [-0.1, -0.05) is 46.4 Å². The van der Waals surface area contributed by atoms with E-state index in [0.29, 0.717) is 28.9 Å². The van der Waals surface area contributed by atoms with Crippen molar-refractivity contribution in [1.82, 2.24) is 4.31 Å². The van der Waals surface area contributed by atoms with Crippen LogP contribution in [-0.2, 0) is 10.0 Å². The van der Waals surface area contributed by atoms with Gasteiger partial charge in [0.1, 0.15) is 14.9 Å². The lowest BCUT2D eigenvalue weighted by atomic mass is 10.2. The second-order valence-corrected chi connectivity index (χ2v) is 10.1. The van der Waals surface area contributed by atoms with Crippen LogP contribution in [0, 0.1) is 0 Å². The molecule has 0 bridgehead atoms. The molecule has 1 atom stereocenters. The van der Waals surface area contributed by atoms with E-state index >= 15 is 0 Å². The van der Waals surface area contributed by atoms with Gasteiger partial charge >= 0.3 is 0 Å². The lowest BCUT2D eigenvalue weighted by Gasteiger charge is -2.40. The Morgan fingerprint density at radius 1 is 0.900 bits per heavy atom. The van der Waals surface area contributed by atoms with Gasteiger partial charge in [0, 0.05) is 25.7 Å². The number of hydrogen-bond acceptors (Lipinski definition) is 5. The van der Waals surface area contributed by atoms with E-state index in [2.05, 4.69) is 0 Å². The van der Waals surface area contributed by atoms with E-state index < -0.39 is 10.0 Å². The van der Waals surface area contributed by atoms with Gasteiger partial charge < -0.3 is 14.4 Å². The van der Waals surface area contributed by atoms with Crippen LogP contribution in [0.25, 0.3) is 0 Å². The third-order valence-electron chi connectivity index (χ3n) is 4.95. The van der Waals surface area contributed by atoms with Crippen molar-refractivity contribution in [1.29, 1.82) is 0 Å². The average Bonchev–Trinajstić information content (AvgIpc) is 2.71. The summed E-state index contributed by atoms with van der Waals surface area (Å²) in [4.78, 5) is 2.00. The van der Waals surface area contributed by atoms with E-state index in [4.69, 9.17) is 55.9 Å². The number of sulfonamides is 1. The van der Waals surface area contributed by atoms with Crippen molar-refractivity contribution in [3.05, 3.63) is 44.4 Å². The molecule has 164 valence electrons. The number of ether oxygens (including phenoxy) is 2. The molecule has 11 heteroatoms. The normalized spacial score (nSPS) is 17.8. The van der Waals surface area contributed by atoms with Gasteiger partial charge in [-0.2, -0.15) is 4.31 Å². The summed E-state index contributed by atoms with van der Waals surface area (Å²) in [6.07, 6.45) is 0. The zero-order chi connectivity index (χ0) is 22.2. The lowest BCUT2D eigenvalue weighted by molar-refractivity contribution is 0.303. The molecule has 0 aliphatic carbocycles. The Balaban J connectivity index is 1.91. The summed E-state index contributed by atoms with van der Waals surface area (Å²) in [5.41, 5.74) is 0.753. The van der Waals surface area contributed by atoms with E-state index in [-0.39, 0.29) is 33.3 Å². The van der Waals surface area contributed by atoms with Gasteiger partial charge in [0.15, 0.2) is 11.5 Å². The minimum atomic E-state index is -3.87. The number of hydrogen-bond donors (Lipinski definition) is 0. The zero-order valence-electron chi connectivity index (χ0n) is 16.5. The number of benzene rings is 2. The molecule has 1 heterocycles. The van der Waals surface area contributed by atoms with Crippen LogP contribution >= 0.6 is 46.4 Å². The number of rotatable bonds is 5. The summed E-state index contributed by atoms with van der Waals surface area (Å²) in [5.74, 6) is 0.490. The highest BCUT2D eigenvalue weighted by molar-refractivity contribution is 7.89. The Kier molecular flexibility index (Phi) is 7.22. The maximum atomic E-state index is 13.4. The number of methoxy groups -OCH3 is 2. The number of piperazine rings is 1. The predicted molar refractivity (Wildman–Crippen MR) is 122 cm³/mol. The highest BCUT2D eigenvalue weighted by Gasteiger charge is 2.37. The van der Waals surface area contributed by atoms with E-state index in [1.165, 1.54) is 30.7 Å². The molecule has 2 aromatic rings. The Morgan fingerprint density at radius 3 is 2.03 bits per heavy atom. The first-order valence-electron chi connectivity index (χ1n) is 8.94. The monoisotopic (exact) mass is 512 g/mol. The van der Waals surface area contributed by atoms with E-state index in [1.807, 2.05) is 17.9 Å². The Bertz CT molecular complexity index is 1060. The van der Waals surface area contributed by atoms with Crippen molar-refractivity contribution in [3.63, 3.8) is 0 Å². The molecule has 3 rings (SSSR count). The van der Waals surface area contributed by atoms with Crippen molar-refractivity contribution in [2.45, 2.75) is 17.9 Å². The molecule has 0 unspecified atom stereocenters. The summed E-state index contributed by atoms with van der Waals surface area (Å²) < 4.78 is 38.8. The average molecular weight is 514 g/mol. The third-order valence-corrected chi connectivity index (χ3v) is 8.56. The molecule has 1 aliphatic rings. The van der Waals surface area contributed by atoms with Gasteiger partial charge in [-0.05, 0) is 31.2 Å². The first kappa shape index (κ1) is 23.6. The molecule has 0 spiro atoms. The number of halogens is 4. The van der Waals surface area contributed by atoms with Gasteiger partial charge in [0.05, 0.1) is 30.0 Å². The molecule has 0 amide bonds. The van der Waals surface area contributed by atoms with E-state index in [9.17, 15) is 8.42 Å². The smallest absolute Gasteiger partial charge is 0.247 e. The minimum absolute atomic E-state index is 0.0215. The second-order valence-electron chi connectivity index (χ2n) is 6.72.